The minimum Gasteiger partial charge on any atom is -0.395 e. The molecule has 2 rings (SSSR count). The van der Waals surface area contributed by atoms with Gasteiger partial charge in [-0.05, 0) is 18.6 Å². The molecule has 1 amide bonds. The molecule has 0 aliphatic carbocycles. The van der Waals surface area contributed by atoms with Gasteiger partial charge in [-0.15, -0.1) is 0 Å². The number of aliphatic hydroxyl groups is 1. The maximum absolute atomic E-state index is 12.2. The summed E-state index contributed by atoms with van der Waals surface area (Å²) in [6.07, 6.45) is 0. The number of rotatable bonds is 9. The zero-order valence-corrected chi connectivity index (χ0v) is 14.4. The summed E-state index contributed by atoms with van der Waals surface area (Å²) < 4.78 is 0. The molecule has 1 atom stereocenters. The number of anilines is 2. The predicted molar refractivity (Wildman–Crippen MR) is 100 cm³/mol. The molecule has 0 bridgehead atoms. The van der Waals surface area contributed by atoms with E-state index >= 15 is 0 Å². The molecule has 0 saturated carbocycles. The molecule has 0 saturated heterocycles. The molecule has 0 fully saturated rings. The fourth-order valence-electron chi connectivity index (χ4n) is 2.43. The van der Waals surface area contributed by atoms with E-state index in [9.17, 15) is 14.9 Å². The average Bonchev–Trinajstić information content (AvgIpc) is 2.65. The van der Waals surface area contributed by atoms with Crippen LogP contribution in [-0.2, 0) is 4.79 Å². The monoisotopic (exact) mass is 358 g/mol. The fourth-order valence-corrected chi connectivity index (χ4v) is 2.43. The number of hydrogen-bond donors (Lipinski definition) is 4. The Balaban J connectivity index is 2.01. The number of carbonyl (C=O) groups excluding carboxylic acids is 1. The zero-order chi connectivity index (χ0) is 18.9. The lowest BCUT2D eigenvalue weighted by Gasteiger charge is -2.16. The smallest absolute Gasteiger partial charge is 0.271 e. The molecular weight excluding hydrogens is 336 g/mol. The molecule has 138 valence electrons. The summed E-state index contributed by atoms with van der Waals surface area (Å²) in [5.41, 5.74) is 1.91. The second-order valence-electron chi connectivity index (χ2n) is 5.69. The van der Waals surface area contributed by atoms with Crippen LogP contribution in [0.25, 0.3) is 0 Å². The molecule has 2 aromatic carbocycles. The number of nitrogens with zero attached hydrogens (tertiary/aromatic N) is 1. The van der Waals surface area contributed by atoms with Crippen molar-refractivity contribution in [2.75, 3.05) is 30.3 Å². The van der Waals surface area contributed by atoms with Crippen LogP contribution in [0.5, 0.6) is 0 Å². The topological polar surface area (TPSA) is 117 Å². The van der Waals surface area contributed by atoms with Crippen LogP contribution in [0.1, 0.15) is 18.5 Å². The van der Waals surface area contributed by atoms with E-state index in [1.807, 2.05) is 37.3 Å². The predicted octanol–water partition coefficient (Wildman–Crippen LogP) is 2.29. The van der Waals surface area contributed by atoms with Gasteiger partial charge < -0.3 is 21.1 Å². The standard InChI is InChI=1S/C18H22N4O4/c1-13(14-5-3-2-4-6-14)21-18(24)12-20-17-11-15(22(25)26)7-8-16(17)19-9-10-23/h2-8,11,13,19-20,23H,9-10,12H2,1H3,(H,21,24)/t13-/m0/s1. The van der Waals surface area contributed by atoms with Crippen LogP contribution in [0.2, 0.25) is 0 Å². The Morgan fingerprint density at radius 2 is 1.88 bits per heavy atom. The summed E-state index contributed by atoms with van der Waals surface area (Å²) in [5.74, 6) is -0.235. The van der Waals surface area contributed by atoms with E-state index < -0.39 is 4.92 Å². The van der Waals surface area contributed by atoms with Gasteiger partial charge in [0.1, 0.15) is 0 Å². The SMILES string of the molecule is C[C@H](NC(=O)CNc1cc([N+](=O)[O-])ccc1NCCO)c1ccccc1. The van der Waals surface area contributed by atoms with Crippen molar-refractivity contribution in [3.63, 3.8) is 0 Å². The maximum Gasteiger partial charge on any atom is 0.271 e. The van der Waals surface area contributed by atoms with Gasteiger partial charge in [-0.2, -0.15) is 0 Å². The Morgan fingerprint density at radius 1 is 1.15 bits per heavy atom. The molecule has 4 N–H and O–H groups in total. The molecule has 0 spiro atoms. The minimum atomic E-state index is -0.501. The highest BCUT2D eigenvalue weighted by atomic mass is 16.6. The van der Waals surface area contributed by atoms with E-state index in [1.165, 1.54) is 12.1 Å². The Morgan fingerprint density at radius 3 is 2.54 bits per heavy atom. The minimum absolute atomic E-state index is 0.0356. The van der Waals surface area contributed by atoms with Crippen molar-refractivity contribution in [3.05, 3.63) is 64.2 Å². The lowest BCUT2D eigenvalue weighted by Crippen LogP contribution is -2.32. The van der Waals surface area contributed by atoms with Crippen molar-refractivity contribution < 1.29 is 14.8 Å². The van der Waals surface area contributed by atoms with Gasteiger partial charge in [0.15, 0.2) is 0 Å². The molecule has 0 unspecified atom stereocenters. The van der Waals surface area contributed by atoms with Gasteiger partial charge in [0.2, 0.25) is 5.91 Å². The number of nitrogens with one attached hydrogen (secondary N) is 3. The lowest BCUT2D eigenvalue weighted by molar-refractivity contribution is -0.384. The first-order valence-electron chi connectivity index (χ1n) is 8.22. The first kappa shape index (κ1) is 19.2. The number of nitro groups is 1. The maximum atomic E-state index is 12.2. The normalized spacial score (nSPS) is 11.5. The van der Waals surface area contributed by atoms with Crippen molar-refractivity contribution in [3.8, 4) is 0 Å². The van der Waals surface area contributed by atoms with Crippen molar-refractivity contribution in [2.45, 2.75) is 13.0 Å². The number of benzene rings is 2. The molecule has 26 heavy (non-hydrogen) atoms. The van der Waals surface area contributed by atoms with Crippen molar-refractivity contribution >= 4 is 23.0 Å². The molecule has 2 aromatic rings. The van der Waals surface area contributed by atoms with Crippen molar-refractivity contribution in [1.29, 1.82) is 0 Å². The van der Waals surface area contributed by atoms with Gasteiger partial charge in [-0.25, -0.2) is 0 Å². The summed E-state index contributed by atoms with van der Waals surface area (Å²) in [6, 6.07) is 13.7. The number of hydrogen-bond acceptors (Lipinski definition) is 6. The molecule has 0 aromatic heterocycles. The number of non-ortho nitro benzene ring substituents is 1. The molecule has 8 heteroatoms. The Kier molecular flexibility index (Phi) is 6.92. The zero-order valence-electron chi connectivity index (χ0n) is 14.4. The van der Waals surface area contributed by atoms with Gasteiger partial charge in [-0.3, -0.25) is 14.9 Å². The first-order chi connectivity index (χ1) is 12.5. The van der Waals surface area contributed by atoms with Crippen molar-refractivity contribution in [1.82, 2.24) is 5.32 Å². The van der Waals surface area contributed by atoms with Gasteiger partial charge in [0.25, 0.3) is 5.69 Å². The highest BCUT2D eigenvalue weighted by Gasteiger charge is 2.13. The molecular formula is C18H22N4O4. The Hall–Kier alpha value is -3.13. The van der Waals surface area contributed by atoms with Crippen molar-refractivity contribution in [2.24, 2.45) is 0 Å². The average molecular weight is 358 g/mol. The number of nitro benzene ring substituents is 1. The van der Waals surface area contributed by atoms with Crippen LogP contribution in [0, 0.1) is 10.1 Å². The highest BCUT2D eigenvalue weighted by molar-refractivity contribution is 5.83. The Bertz CT molecular complexity index is 752. The summed E-state index contributed by atoms with van der Waals surface area (Å²) in [4.78, 5) is 22.6. The summed E-state index contributed by atoms with van der Waals surface area (Å²) in [5, 5.41) is 28.6. The van der Waals surface area contributed by atoms with Crippen LogP contribution < -0.4 is 16.0 Å². The summed E-state index contributed by atoms with van der Waals surface area (Å²) in [6.45, 7) is 2.07. The van der Waals surface area contributed by atoms with E-state index in [0.717, 1.165) is 5.56 Å². The van der Waals surface area contributed by atoms with Gasteiger partial charge in [0.05, 0.1) is 35.5 Å². The van der Waals surface area contributed by atoms with Crippen LogP contribution >= 0.6 is 0 Å². The van der Waals surface area contributed by atoms with Gasteiger partial charge in [-0.1, -0.05) is 30.3 Å². The second-order valence-corrected chi connectivity index (χ2v) is 5.69. The second kappa shape index (κ2) is 9.38. The quantitative estimate of drug-likeness (QED) is 0.404. The van der Waals surface area contributed by atoms with Crippen LogP contribution in [0.3, 0.4) is 0 Å². The van der Waals surface area contributed by atoms with E-state index in [1.54, 1.807) is 6.07 Å². The summed E-state index contributed by atoms with van der Waals surface area (Å²) in [7, 11) is 0. The number of amides is 1. The van der Waals surface area contributed by atoms with E-state index in [-0.39, 0.29) is 30.8 Å². The third-order valence-corrected chi connectivity index (χ3v) is 3.76. The first-order valence-corrected chi connectivity index (χ1v) is 8.22. The third kappa shape index (κ3) is 5.45. The molecule has 0 aliphatic heterocycles. The molecule has 0 heterocycles. The van der Waals surface area contributed by atoms with Crippen LogP contribution in [-0.4, -0.2) is 35.6 Å². The lowest BCUT2D eigenvalue weighted by atomic mass is 10.1. The number of aliphatic hydroxyl groups excluding tert-OH is 1. The Labute approximate surface area is 151 Å². The molecule has 0 aliphatic rings. The molecule has 8 nitrogen and oxygen atoms in total. The fraction of sp³-hybridized carbons (Fsp3) is 0.278. The van der Waals surface area contributed by atoms with Crippen LogP contribution in [0.4, 0.5) is 17.1 Å². The highest BCUT2D eigenvalue weighted by Crippen LogP contribution is 2.26. The largest absolute Gasteiger partial charge is 0.395 e. The van der Waals surface area contributed by atoms with Crippen LogP contribution in [0.15, 0.2) is 48.5 Å². The van der Waals surface area contributed by atoms with E-state index in [4.69, 9.17) is 5.11 Å². The van der Waals surface area contributed by atoms with Gasteiger partial charge in [0, 0.05) is 18.7 Å². The summed E-state index contributed by atoms with van der Waals surface area (Å²) >= 11 is 0. The number of carbonyl (C=O) groups is 1. The van der Waals surface area contributed by atoms with Gasteiger partial charge >= 0.3 is 0 Å². The molecule has 0 radical (unpaired) electrons. The van der Waals surface area contributed by atoms with E-state index in [0.29, 0.717) is 17.9 Å². The third-order valence-electron chi connectivity index (χ3n) is 3.76. The van der Waals surface area contributed by atoms with E-state index in [2.05, 4.69) is 16.0 Å².